The molecule has 2 nitrogen and oxygen atoms in total. The summed E-state index contributed by atoms with van der Waals surface area (Å²) in [6.45, 7) is 0. The number of hydrogen-bond donors (Lipinski definition) is 0. The molecule has 0 aliphatic rings. The van der Waals surface area contributed by atoms with Crippen molar-refractivity contribution in [2.75, 3.05) is 0 Å². The second-order valence-corrected chi connectivity index (χ2v) is 6.34. The van der Waals surface area contributed by atoms with Crippen molar-refractivity contribution in [3.05, 3.63) is 82.1 Å². The van der Waals surface area contributed by atoms with E-state index in [2.05, 4.69) is 21.0 Å². The van der Waals surface area contributed by atoms with Gasteiger partial charge in [0.1, 0.15) is 0 Å². The summed E-state index contributed by atoms with van der Waals surface area (Å²) in [5, 5.41) is 5.66. The van der Waals surface area contributed by atoms with Crippen molar-refractivity contribution in [1.29, 1.82) is 0 Å². The smallest absolute Gasteiger partial charge is 0.0690 e. The van der Waals surface area contributed by atoms with E-state index in [1.54, 1.807) is 6.07 Å². The highest BCUT2D eigenvalue weighted by Crippen LogP contribution is 2.36. The summed E-state index contributed by atoms with van der Waals surface area (Å²) in [6.07, 6.45) is 3.82. The fourth-order valence-corrected chi connectivity index (χ4v) is 3.36. The molecular weight excluding hydrogens is 371 g/mol. The number of hydrogen-bond acceptors (Lipinski definition) is 1. The van der Waals surface area contributed by atoms with Gasteiger partial charge >= 0.3 is 0 Å². The van der Waals surface area contributed by atoms with Crippen LogP contribution in [0.4, 0.5) is 0 Å². The predicted molar refractivity (Wildman–Crippen MR) is 90.8 cm³/mol. The van der Waals surface area contributed by atoms with Gasteiger partial charge in [-0.2, -0.15) is 5.10 Å². The SMILES string of the molecule is Clc1ccc(C(Br)c2cnn(-c3ccccc3)c2)c(Cl)c1. The second kappa shape index (κ2) is 6.22. The molecule has 1 unspecified atom stereocenters. The fourth-order valence-electron chi connectivity index (χ4n) is 2.08. The lowest BCUT2D eigenvalue weighted by Gasteiger charge is -2.10. The zero-order chi connectivity index (χ0) is 14.8. The van der Waals surface area contributed by atoms with Crippen molar-refractivity contribution in [3.8, 4) is 5.69 Å². The highest BCUT2D eigenvalue weighted by atomic mass is 79.9. The third kappa shape index (κ3) is 3.15. The van der Waals surface area contributed by atoms with E-state index in [9.17, 15) is 0 Å². The van der Waals surface area contributed by atoms with E-state index in [1.807, 2.05) is 59.5 Å². The summed E-state index contributed by atoms with van der Waals surface area (Å²) in [5.41, 5.74) is 3.02. The van der Waals surface area contributed by atoms with Crippen LogP contribution in [0, 0.1) is 0 Å². The van der Waals surface area contributed by atoms with Gasteiger partial charge in [0.15, 0.2) is 0 Å². The van der Waals surface area contributed by atoms with Gasteiger partial charge in [-0.3, -0.25) is 0 Å². The van der Waals surface area contributed by atoms with Gasteiger partial charge in [-0.25, -0.2) is 4.68 Å². The Labute approximate surface area is 141 Å². The van der Waals surface area contributed by atoms with Gasteiger partial charge < -0.3 is 0 Å². The maximum absolute atomic E-state index is 6.26. The van der Waals surface area contributed by atoms with Crippen LogP contribution in [0.2, 0.25) is 10.0 Å². The minimum atomic E-state index is -0.0280. The monoisotopic (exact) mass is 380 g/mol. The van der Waals surface area contributed by atoms with Crippen molar-refractivity contribution in [1.82, 2.24) is 9.78 Å². The maximum Gasteiger partial charge on any atom is 0.0690 e. The average molecular weight is 382 g/mol. The summed E-state index contributed by atoms with van der Waals surface area (Å²) < 4.78 is 1.84. The molecule has 3 rings (SSSR count). The van der Waals surface area contributed by atoms with Gasteiger partial charge in [-0.05, 0) is 29.8 Å². The van der Waals surface area contributed by atoms with Crippen molar-refractivity contribution in [2.45, 2.75) is 4.83 Å². The topological polar surface area (TPSA) is 17.8 Å². The molecule has 0 saturated carbocycles. The first-order valence-electron chi connectivity index (χ1n) is 6.34. The third-order valence-electron chi connectivity index (χ3n) is 3.15. The highest BCUT2D eigenvalue weighted by molar-refractivity contribution is 9.09. The van der Waals surface area contributed by atoms with E-state index in [0.29, 0.717) is 10.0 Å². The summed E-state index contributed by atoms with van der Waals surface area (Å²) in [5.74, 6) is 0. The molecule has 2 aromatic carbocycles. The maximum atomic E-state index is 6.26. The van der Waals surface area contributed by atoms with Crippen LogP contribution >= 0.6 is 39.1 Å². The molecule has 0 N–H and O–H groups in total. The lowest BCUT2D eigenvalue weighted by Crippen LogP contribution is -1.94. The zero-order valence-electron chi connectivity index (χ0n) is 10.9. The molecule has 1 atom stereocenters. The minimum absolute atomic E-state index is 0.0280. The molecule has 0 aliphatic carbocycles. The first kappa shape index (κ1) is 14.6. The quantitative estimate of drug-likeness (QED) is 0.535. The van der Waals surface area contributed by atoms with E-state index in [1.165, 1.54) is 0 Å². The molecule has 0 amide bonds. The van der Waals surface area contributed by atoms with E-state index >= 15 is 0 Å². The van der Waals surface area contributed by atoms with E-state index in [4.69, 9.17) is 23.2 Å². The second-order valence-electron chi connectivity index (χ2n) is 4.58. The van der Waals surface area contributed by atoms with Crippen LogP contribution in [-0.2, 0) is 0 Å². The van der Waals surface area contributed by atoms with Crippen LogP contribution in [0.25, 0.3) is 5.69 Å². The van der Waals surface area contributed by atoms with Gasteiger partial charge in [0.05, 0.1) is 16.7 Å². The normalized spacial score (nSPS) is 12.3. The van der Waals surface area contributed by atoms with E-state index in [0.717, 1.165) is 16.8 Å². The van der Waals surface area contributed by atoms with Crippen LogP contribution in [0.15, 0.2) is 60.9 Å². The number of aromatic nitrogens is 2. The molecule has 5 heteroatoms. The number of halogens is 3. The standard InChI is InChI=1S/C16H11BrCl2N2/c17-16(14-7-6-12(18)8-15(14)19)11-9-20-21(10-11)13-4-2-1-3-5-13/h1-10,16H. The first-order chi connectivity index (χ1) is 10.1. The van der Waals surface area contributed by atoms with Crippen LogP contribution in [0.3, 0.4) is 0 Å². The molecule has 1 heterocycles. The Morgan fingerprint density at radius 1 is 1.05 bits per heavy atom. The molecule has 0 spiro atoms. The van der Waals surface area contributed by atoms with Gasteiger partial charge in [-0.1, -0.05) is 63.4 Å². The number of para-hydroxylation sites is 1. The fraction of sp³-hybridized carbons (Fsp3) is 0.0625. The van der Waals surface area contributed by atoms with Gasteiger partial charge in [-0.15, -0.1) is 0 Å². The predicted octanol–water partition coefficient (Wildman–Crippen LogP) is 5.66. The number of nitrogens with zero attached hydrogens (tertiary/aromatic N) is 2. The van der Waals surface area contributed by atoms with Crippen LogP contribution in [-0.4, -0.2) is 9.78 Å². The van der Waals surface area contributed by atoms with Gasteiger partial charge in [0.25, 0.3) is 0 Å². The Bertz CT molecular complexity index is 756. The molecule has 0 fully saturated rings. The Kier molecular flexibility index (Phi) is 4.34. The lowest BCUT2D eigenvalue weighted by molar-refractivity contribution is 0.880. The van der Waals surface area contributed by atoms with E-state index in [-0.39, 0.29) is 4.83 Å². The number of benzene rings is 2. The molecule has 0 saturated heterocycles. The lowest BCUT2D eigenvalue weighted by atomic mass is 10.1. The molecule has 21 heavy (non-hydrogen) atoms. The Balaban J connectivity index is 1.92. The Morgan fingerprint density at radius 2 is 1.81 bits per heavy atom. The van der Waals surface area contributed by atoms with E-state index < -0.39 is 0 Å². The molecule has 106 valence electrons. The van der Waals surface area contributed by atoms with Gasteiger partial charge in [0.2, 0.25) is 0 Å². The van der Waals surface area contributed by atoms with Gasteiger partial charge in [0, 0.05) is 21.8 Å². The summed E-state index contributed by atoms with van der Waals surface area (Å²) in [4.78, 5) is -0.0280. The summed E-state index contributed by atoms with van der Waals surface area (Å²) in [7, 11) is 0. The Hall–Kier alpha value is -1.29. The molecule has 1 aromatic heterocycles. The highest BCUT2D eigenvalue weighted by Gasteiger charge is 2.16. The minimum Gasteiger partial charge on any atom is -0.241 e. The molecule has 3 aromatic rings. The molecule has 0 bridgehead atoms. The Morgan fingerprint density at radius 3 is 2.52 bits per heavy atom. The van der Waals surface area contributed by atoms with Crippen molar-refractivity contribution in [2.24, 2.45) is 0 Å². The number of rotatable bonds is 3. The zero-order valence-corrected chi connectivity index (χ0v) is 14.0. The number of alkyl halides is 1. The largest absolute Gasteiger partial charge is 0.241 e. The molecule has 0 aliphatic heterocycles. The van der Waals surface area contributed by atoms with Crippen molar-refractivity contribution < 1.29 is 0 Å². The van der Waals surface area contributed by atoms with Crippen LogP contribution in [0.1, 0.15) is 16.0 Å². The van der Waals surface area contributed by atoms with Crippen molar-refractivity contribution >= 4 is 39.1 Å². The first-order valence-corrected chi connectivity index (χ1v) is 8.01. The molecule has 0 radical (unpaired) electrons. The van der Waals surface area contributed by atoms with Crippen LogP contribution < -0.4 is 0 Å². The summed E-state index contributed by atoms with van der Waals surface area (Å²) >= 11 is 15.9. The summed E-state index contributed by atoms with van der Waals surface area (Å²) in [6, 6.07) is 15.5. The van der Waals surface area contributed by atoms with Crippen molar-refractivity contribution in [3.63, 3.8) is 0 Å². The third-order valence-corrected chi connectivity index (χ3v) is 4.74. The average Bonchev–Trinajstić information content (AvgIpc) is 2.97. The van der Waals surface area contributed by atoms with Crippen LogP contribution in [0.5, 0.6) is 0 Å². The molecular formula is C16H11BrCl2N2.